The zero-order valence-electron chi connectivity index (χ0n) is 8.42. The number of rotatable bonds is 3. The smallest absolute Gasteiger partial charge is 0.271 e. The van der Waals surface area contributed by atoms with Crippen molar-refractivity contribution in [3.8, 4) is 0 Å². The van der Waals surface area contributed by atoms with Crippen LogP contribution in [0.4, 0.5) is 0 Å². The second-order valence-electron chi connectivity index (χ2n) is 3.40. The van der Waals surface area contributed by atoms with E-state index in [1.54, 1.807) is 4.68 Å². The average Bonchev–Trinajstić information content (AvgIpc) is 2.41. The van der Waals surface area contributed by atoms with Crippen molar-refractivity contribution in [1.29, 1.82) is 0 Å². The van der Waals surface area contributed by atoms with Gasteiger partial charge in [-0.1, -0.05) is 6.92 Å². The quantitative estimate of drug-likeness (QED) is 0.727. The predicted octanol–water partition coefficient (Wildman–Crippen LogP) is 0.778. The molecule has 0 bridgehead atoms. The molecule has 1 rings (SSSR count). The Bertz CT molecular complexity index is 335. The number of nitrogens with two attached hydrogens (primary N) is 1. The van der Waals surface area contributed by atoms with Gasteiger partial charge in [-0.2, -0.15) is 0 Å². The van der Waals surface area contributed by atoms with Gasteiger partial charge in [-0.3, -0.25) is 14.6 Å². The summed E-state index contributed by atoms with van der Waals surface area (Å²) < 4.78 is 1.63. The molecule has 0 unspecified atom stereocenters. The van der Waals surface area contributed by atoms with Crippen LogP contribution in [-0.4, -0.2) is 9.78 Å². The third-order valence-corrected chi connectivity index (χ3v) is 2.17. The highest BCUT2D eigenvalue weighted by atomic mass is 16.1. The lowest BCUT2D eigenvalue weighted by molar-refractivity contribution is 0.511. The summed E-state index contributed by atoms with van der Waals surface area (Å²) in [4.78, 5) is 11.7. The van der Waals surface area contributed by atoms with E-state index in [2.05, 4.69) is 5.10 Å². The Balaban J connectivity index is 3.27. The van der Waals surface area contributed by atoms with Crippen molar-refractivity contribution in [2.24, 2.45) is 5.73 Å². The SMILES string of the molecule is CCc1[nH]n(C(C)C)c(=O)c1CN. The van der Waals surface area contributed by atoms with E-state index < -0.39 is 0 Å². The summed E-state index contributed by atoms with van der Waals surface area (Å²) in [6.45, 7) is 6.27. The highest BCUT2D eigenvalue weighted by molar-refractivity contribution is 5.17. The zero-order valence-corrected chi connectivity index (χ0v) is 8.42. The maximum absolute atomic E-state index is 11.7. The first kappa shape index (κ1) is 10.1. The lowest BCUT2D eigenvalue weighted by atomic mass is 10.2. The molecular formula is C9H17N3O. The third-order valence-electron chi connectivity index (χ3n) is 2.17. The second-order valence-corrected chi connectivity index (χ2v) is 3.40. The van der Waals surface area contributed by atoms with Crippen LogP contribution in [0.15, 0.2) is 4.79 Å². The lowest BCUT2D eigenvalue weighted by Gasteiger charge is -2.03. The van der Waals surface area contributed by atoms with E-state index in [9.17, 15) is 4.79 Å². The zero-order chi connectivity index (χ0) is 10.0. The van der Waals surface area contributed by atoms with E-state index in [0.717, 1.165) is 17.7 Å². The van der Waals surface area contributed by atoms with Crippen LogP contribution in [0.25, 0.3) is 0 Å². The lowest BCUT2D eigenvalue weighted by Crippen LogP contribution is -2.22. The van der Waals surface area contributed by atoms with Gasteiger partial charge in [0.05, 0.1) is 5.56 Å². The monoisotopic (exact) mass is 183 g/mol. The van der Waals surface area contributed by atoms with E-state index in [4.69, 9.17) is 5.73 Å². The van der Waals surface area contributed by atoms with Crippen LogP contribution in [0.3, 0.4) is 0 Å². The van der Waals surface area contributed by atoms with E-state index in [1.807, 2.05) is 20.8 Å². The van der Waals surface area contributed by atoms with Gasteiger partial charge in [-0.25, -0.2) is 0 Å². The first-order valence-corrected chi connectivity index (χ1v) is 4.64. The Hall–Kier alpha value is -1.03. The minimum atomic E-state index is 0.0225. The summed E-state index contributed by atoms with van der Waals surface area (Å²) in [5.74, 6) is 0. The molecule has 1 aromatic rings. The molecule has 0 aliphatic carbocycles. The molecule has 13 heavy (non-hydrogen) atoms. The van der Waals surface area contributed by atoms with E-state index >= 15 is 0 Å². The van der Waals surface area contributed by atoms with Crippen LogP contribution in [0, 0.1) is 0 Å². The largest absolute Gasteiger partial charge is 0.326 e. The molecule has 1 aromatic heterocycles. The Kier molecular flexibility index (Phi) is 2.93. The fourth-order valence-electron chi connectivity index (χ4n) is 1.40. The van der Waals surface area contributed by atoms with Gasteiger partial charge in [0.2, 0.25) is 0 Å². The fraction of sp³-hybridized carbons (Fsp3) is 0.667. The molecule has 0 atom stereocenters. The number of H-pyrrole nitrogens is 1. The topological polar surface area (TPSA) is 63.8 Å². The molecule has 0 aliphatic heterocycles. The molecule has 0 spiro atoms. The van der Waals surface area contributed by atoms with Crippen molar-refractivity contribution < 1.29 is 0 Å². The molecule has 0 fully saturated rings. The second kappa shape index (κ2) is 3.79. The molecule has 0 radical (unpaired) electrons. The predicted molar refractivity (Wildman–Crippen MR) is 52.7 cm³/mol. The van der Waals surface area contributed by atoms with Gasteiger partial charge in [0.25, 0.3) is 5.56 Å². The van der Waals surface area contributed by atoms with Gasteiger partial charge >= 0.3 is 0 Å². The number of nitrogens with one attached hydrogen (secondary N) is 1. The molecule has 0 amide bonds. The summed E-state index contributed by atoms with van der Waals surface area (Å²) in [5, 5.41) is 3.07. The fourth-order valence-corrected chi connectivity index (χ4v) is 1.40. The van der Waals surface area contributed by atoms with Crippen LogP contribution in [0.5, 0.6) is 0 Å². The summed E-state index contributed by atoms with van der Waals surface area (Å²) >= 11 is 0. The van der Waals surface area contributed by atoms with Crippen LogP contribution in [0.2, 0.25) is 0 Å². The third kappa shape index (κ3) is 1.67. The molecule has 4 heteroatoms. The number of nitrogens with zero attached hydrogens (tertiary/aromatic N) is 1. The summed E-state index contributed by atoms with van der Waals surface area (Å²) in [5.41, 5.74) is 7.21. The number of hydrogen-bond donors (Lipinski definition) is 2. The number of aromatic amines is 1. The minimum Gasteiger partial charge on any atom is -0.326 e. The van der Waals surface area contributed by atoms with Crippen LogP contribution < -0.4 is 11.3 Å². The van der Waals surface area contributed by atoms with Gasteiger partial charge < -0.3 is 5.73 Å². The van der Waals surface area contributed by atoms with Crippen molar-refractivity contribution in [3.05, 3.63) is 21.6 Å². The van der Waals surface area contributed by atoms with Crippen molar-refractivity contribution in [2.75, 3.05) is 0 Å². The van der Waals surface area contributed by atoms with Gasteiger partial charge in [0.15, 0.2) is 0 Å². The molecular weight excluding hydrogens is 166 g/mol. The molecule has 0 saturated heterocycles. The van der Waals surface area contributed by atoms with Crippen LogP contribution >= 0.6 is 0 Å². The molecule has 4 nitrogen and oxygen atoms in total. The number of aromatic nitrogens is 2. The maximum Gasteiger partial charge on any atom is 0.271 e. The Labute approximate surface area is 77.7 Å². The number of aryl methyl sites for hydroxylation is 1. The summed E-state index contributed by atoms with van der Waals surface area (Å²) in [7, 11) is 0. The van der Waals surface area contributed by atoms with Gasteiger partial charge in [-0.15, -0.1) is 0 Å². The molecule has 0 saturated carbocycles. The molecule has 1 heterocycles. The van der Waals surface area contributed by atoms with E-state index in [0.29, 0.717) is 6.54 Å². The van der Waals surface area contributed by atoms with Crippen molar-refractivity contribution in [2.45, 2.75) is 39.8 Å². The summed E-state index contributed by atoms with van der Waals surface area (Å²) in [6.07, 6.45) is 0.821. The van der Waals surface area contributed by atoms with E-state index in [-0.39, 0.29) is 11.6 Å². The Morgan fingerprint density at radius 2 is 2.15 bits per heavy atom. The Morgan fingerprint density at radius 1 is 1.54 bits per heavy atom. The molecule has 74 valence electrons. The highest BCUT2D eigenvalue weighted by Gasteiger charge is 2.12. The van der Waals surface area contributed by atoms with Gasteiger partial charge in [0.1, 0.15) is 0 Å². The van der Waals surface area contributed by atoms with Crippen molar-refractivity contribution in [1.82, 2.24) is 9.78 Å². The van der Waals surface area contributed by atoms with Crippen molar-refractivity contribution >= 4 is 0 Å². The first-order valence-electron chi connectivity index (χ1n) is 4.64. The van der Waals surface area contributed by atoms with Crippen LogP contribution in [0.1, 0.15) is 38.1 Å². The minimum absolute atomic E-state index is 0.0225. The Morgan fingerprint density at radius 3 is 2.46 bits per heavy atom. The van der Waals surface area contributed by atoms with E-state index in [1.165, 1.54) is 0 Å². The average molecular weight is 183 g/mol. The molecule has 3 N–H and O–H groups in total. The van der Waals surface area contributed by atoms with Gasteiger partial charge in [0, 0.05) is 18.3 Å². The van der Waals surface area contributed by atoms with Crippen LogP contribution in [-0.2, 0) is 13.0 Å². The summed E-state index contributed by atoms with van der Waals surface area (Å²) in [6, 6.07) is 0.165. The standard InChI is InChI=1S/C9H17N3O/c1-4-8-7(5-10)9(13)12(11-8)6(2)3/h6,11H,4-5,10H2,1-3H3. The molecule has 0 aliphatic rings. The normalized spacial score (nSPS) is 11.2. The van der Waals surface area contributed by atoms with Crippen molar-refractivity contribution in [3.63, 3.8) is 0 Å². The highest BCUT2D eigenvalue weighted by Crippen LogP contribution is 2.05. The molecule has 0 aromatic carbocycles. The maximum atomic E-state index is 11.7. The van der Waals surface area contributed by atoms with Gasteiger partial charge in [-0.05, 0) is 20.3 Å². The first-order chi connectivity index (χ1) is 6.11. The number of hydrogen-bond acceptors (Lipinski definition) is 2.